The number of anilines is 1. The van der Waals surface area contributed by atoms with Gasteiger partial charge in [0.05, 0.1) is 12.3 Å². The van der Waals surface area contributed by atoms with Crippen LogP contribution in [-0.4, -0.2) is 59.3 Å². The van der Waals surface area contributed by atoms with Gasteiger partial charge in [-0.1, -0.05) is 78.9 Å². The van der Waals surface area contributed by atoms with Crippen molar-refractivity contribution in [2.45, 2.75) is 30.8 Å². The third kappa shape index (κ3) is 5.20. The maximum Gasteiger partial charge on any atom is 0.321 e. The highest BCUT2D eigenvalue weighted by Crippen LogP contribution is 2.42. The molecular weight excluding hydrogens is 453 g/mol. The van der Waals surface area contributed by atoms with Gasteiger partial charge in [-0.15, -0.1) is 0 Å². The molecule has 5 rings (SSSR count). The zero-order valence-electron chi connectivity index (χ0n) is 20.3. The second-order valence-electron chi connectivity index (χ2n) is 9.55. The van der Waals surface area contributed by atoms with Gasteiger partial charge in [0.1, 0.15) is 5.82 Å². The molecule has 2 aliphatic rings. The van der Waals surface area contributed by atoms with Gasteiger partial charge in [0.2, 0.25) is 0 Å². The second-order valence-corrected chi connectivity index (χ2v) is 9.55. The van der Waals surface area contributed by atoms with Gasteiger partial charge in [-0.05, 0) is 48.2 Å². The Bertz CT molecular complexity index is 1200. The number of benzene rings is 3. The zero-order valence-corrected chi connectivity index (χ0v) is 20.3. The molecule has 2 heterocycles. The number of nitrogens with zero attached hydrogens (tertiary/aromatic N) is 2. The minimum atomic E-state index is -0.442. The van der Waals surface area contributed by atoms with Crippen LogP contribution in [-0.2, 0) is 0 Å². The molecule has 0 saturated carbocycles. The zero-order chi connectivity index (χ0) is 24.9. The smallest absolute Gasteiger partial charge is 0.321 e. The van der Waals surface area contributed by atoms with Crippen molar-refractivity contribution < 1.29 is 14.3 Å². The van der Waals surface area contributed by atoms with E-state index in [2.05, 4.69) is 58.8 Å². The van der Waals surface area contributed by atoms with Gasteiger partial charge in [-0.2, -0.15) is 0 Å². The third-order valence-electron chi connectivity index (χ3n) is 7.36. The maximum atomic E-state index is 14.1. The largest absolute Gasteiger partial charge is 0.395 e. The first kappa shape index (κ1) is 24.2. The molecule has 3 atom stereocenters. The molecule has 0 bridgehead atoms. The van der Waals surface area contributed by atoms with E-state index in [4.69, 9.17) is 0 Å². The first-order valence-electron chi connectivity index (χ1n) is 12.6. The summed E-state index contributed by atoms with van der Waals surface area (Å²) in [5.74, 6) is -0.313. The van der Waals surface area contributed by atoms with E-state index < -0.39 is 5.82 Å². The highest BCUT2D eigenvalue weighted by Gasteiger charge is 2.49. The lowest BCUT2D eigenvalue weighted by Gasteiger charge is -2.57. The van der Waals surface area contributed by atoms with E-state index in [-0.39, 0.29) is 36.3 Å². The van der Waals surface area contributed by atoms with Crippen molar-refractivity contribution in [3.8, 4) is 0 Å². The molecule has 0 radical (unpaired) electrons. The van der Waals surface area contributed by atoms with E-state index in [0.717, 1.165) is 30.5 Å². The minimum Gasteiger partial charge on any atom is -0.395 e. The summed E-state index contributed by atoms with van der Waals surface area (Å²) in [7, 11) is 0. The Hall–Kier alpha value is -3.48. The lowest BCUT2D eigenvalue weighted by Crippen LogP contribution is -2.68. The van der Waals surface area contributed by atoms with Crippen LogP contribution in [0, 0.1) is 5.82 Å². The van der Waals surface area contributed by atoms with E-state index >= 15 is 0 Å². The molecule has 3 aromatic rings. The van der Waals surface area contributed by atoms with Crippen LogP contribution in [0.1, 0.15) is 35.4 Å². The summed E-state index contributed by atoms with van der Waals surface area (Å²) < 4.78 is 14.1. The van der Waals surface area contributed by atoms with E-state index in [0.29, 0.717) is 13.1 Å². The summed E-state index contributed by atoms with van der Waals surface area (Å²) in [6, 6.07) is 24.8. The van der Waals surface area contributed by atoms with Crippen molar-refractivity contribution in [1.82, 2.24) is 9.80 Å². The predicted octanol–water partition coefficient (Wildman–Crippen LogP) is 5.45. The number of rotatable bonds is 5. The van der Waals surface area contributed by atoms with Crippen molar-refractivity contribution in [2.75, 3.05) is 31.6 Å². The van der Waals surface area contributed by atoms with Crippen molar-refractivity contribution in [1.29, 1.82) is 0 Å². The number of fused-ring (bicyclic) bond motifs is 1. The van der Waals surface area contributed by atoms with Crippen molar-refractivity contribution in [2.24, 2.45) is 0 Å². The van der Waals surface area contributed by atoms with Crippen molar-refractivity contribution >= 4 is 23.9 Å². The lowest BCUT2D eigenvalue weighted by molar-refractivity contribution is -0.0585. The van der Waals surface area contributed by atoms with Crippen LogP contribution in [0.4, 0.5) is 14.9 Å². The summed E-state index contributed by atoms with van der Waals surface area (Å²) >= 11 is 0. The Morgan fingerprint density at radius 1 is 0.917 bits per heavy atom. The molecule has 0 aromatic heterocycles. The number of para-hydroxylation sites is 1. The van der Waals surface area contributed by atoms with Gasteiger partial charge < -0.3 is 15.3 Å². The number of hydrogen-bond donors (Lipinski definition) is 2. The number of aliphatic hydroxyl groups is 1. The summed E-state index contributed by atoms with van der Waals surface area (Å²) in [4.78, 5) is 17.2. The van der Waals surface area contributed by atoms with Crippen LogP contribution in [0.3, 0.4) is 0 Å². The molecule has 0 aliphatic carbocycles. The first-order chi connectivity index (χ1) is 17.6. The molecule has 0 spiro atoms. The van der Waals surface area contributed by atoms with Crippen LogP contribution in [0.2, 0.25) is 0 Å². The Morgan fingerprint density at radius 2 is 1.58 bits per heavy atom. The number of nitrogens with one attached hydrogen (secondary N) is 1. The van der Waals surface area contributed by atoms with Crippen LogP contribution in [0.5, 0.6) is 0 Å². The van der Waals surface area contributed by atoms with Crippen molar-refractivity contribution in [3.63, 3.8) is 0 Å². The molecular formula is C30H32FN3O2. The fourth-order valence-electron chi connectivity index (χ4n) is 5.47. The second kappa shape index (κ2) is 11.1. The number of carbonyl (C=O) groups is 1. The van der Waals surface area contributed by atoms with Gasteiger partial charge in [0, 0.05) is 31.1 Å². The SMILES string of the molecule is O=C(Nc1ccccc1F)N1CCCCN2[C@H](CO)[C@@H](c3ccc(/C=C/c4ccccc4)cc3)[C@@H]2C1. The number of urea groups is 1. The molecule has 3 aromatic carbocycles. The lowest BCUT2D eigenvalue weighted by atomic mass is 9.74. The van der Waals surface area contributed by atoms with Gasteiger partial charge in [-0.25, -0.2) is 9.18 Å². The van der Waals surface area contributed by atoms with E-state index in [1.54, 1.807) is 23.1 Å². The van der Waals surface area contributed by atoms with Crippen LogP contribution >= 0.6 is 0 Å². The fourth-order valence-corrected chi connectivity index (χ4v) is 5.47. The predicted molar refractivity (Wildman–Crippen MR) is 142 cm³/mol. The number of hydrogen-bond acceptors (Lipinski definition) is 3. The first-order valence-corrected chi connectivity index (χ1v) is 12.6. The third-order valence-corrected chi connectivity index (χ3v) is 7.36. The number of amides is 2. The van der Waals surface area contributed by atoms with Gasteiger partial charge in [-0.3, -0.25) is 4.90 Å². The van der Waals surface area contributed by atoms with Crippen molar-refractivity contribution in [3.05, 3.63) is 101 Å². The molecule has 6 heteroatoms. The number of halogens is 1. The molecule has 2 fully saturated rings. The summed E-state index contributed by atoms with van der Waals surface area (Å²) in [5.41, 5.74) is 3.63. The van der Waals surface area contributed by atoms with E-state index in [1.807, 2.05) is 18.2 Å². The van der Waals surface area contributed by atoms with Gasteiger partial charge in [0.25, 0.3) is 0 Å². The molecule has 2 aliphatic heterocycles. The minimum absolute atomic E-state index is 0.0373. The van der Waals surface area contributed by atoms with Crippen LogP contribution < -0.4 is 5.32 Å². The highest BCUT2D eigenvalue weighted by molar-refractivity contribution is 5.89. The summed E-state index contributed by atoms with van der Waals surface area (Å²) in [6.45, 7) is 2.16. The Balaban J connectivity index is 1.31. The quantitative estimate of drug-likeness (QED) is 0.473. The van der Waals surface area contributed by atoms with Crippen LogP contribution in [0.15, 0.2) is 78.9 Å². The topological polar surface area (TPSA) is 55.8 Å². The monoisotopic (exact) mass is 485 g/mol. The molecule has 0 unspecified atom stereocenters. The summed E-state index contributed by atoms with van der Waals surface area (Å²) in [6.07, 6.45) is 6.02. The van der Waals surface area contributed by atoms with E-state index in [9.17, 15) is 14.3 Å². The highest BCUT2D eigenvalue weighted by atomic mass is 19.1. The molecule has 2 saturated heterocycles. The molecule has 36 heavy (non-hydrogen) atoms. The molecule has 5 nitrogen and oxygen atoms in total. The number of aliphatic hydroxyl groups excluding tert-OH is 1. The standard InChI is InChI=1S/C30H32FN3O2/c31-25-10-4-5-11-26(25)32-30(36)33-18-6-7-19-34-27(20-33)29(28(34)21-35)24-16-14-23(15-17-24)13-12-22-8-2-1-3-9-22/h1-5,8-17,27-29,35H,6-7,18-21H2,(H,32,36)/b13-12+/t27-,28+,29-/m0/s1. The maximum absolute atomic E-state index is 14.1. The average molecular weight is 486 g/mol. The summed E-state index contributed by atoms with van der Waals surface area (Å²) in [5, 5.41) is 12.9. The average Bonchev–Trinajstić information content (AvgIpc) is 2.89. The fraction of sp³-hybridized carbons (Fsp3) is 0.300. The molecule has 186 valence electrons. The number of carbonyl (C=O) groups excluding carboxylic acids is 1. The Labute approximate surface area is 211 Å². The Morgan fingerprint density at radius 3 is 2.31 bits per heavy atom. The molecule has 2 N–H and O–H groups in total. The van der Waals surface area contributed by atoms with Crippen LogP contribution in [0.25, 0.3) is 12.2 Å². The Kier molecular flexibility index (Phi) is 7.44. The van der Waals surface area contributed by atoms with Gasteiger partial charge in [0.15, 0.2) is 0 Å². The molecule has 2 amide bonds. The van der Waals surface area contributed by atoms with E-state index in [1.165, 1.54) is 11.6 Å². The van der Waals surface area contributed by atoms with Gasteiger partial charge >= 0.3 is 6.03 Å². The normalized spacial score (nSPS) is 22.4.